The highest BCUT2D eigenvalue weighted by Crippen LogP contribution is 2.28. The largest absolute Gasteiger partial charge is 0.368 e. The minimum atomic E-state index is -0.167. The van der Waals surface area contributed by atoms with Crippen LogP contribution in [0.3, 0.4) is 0 Å². The molecule has 0 bridgehead atoms. The van der Waals surface area contributed by atoms with Gasteiger partial charge in [-0.2, -0.15) is 0 Å². The number of rotatable bonds is 2. The standard InChI is InChI=1S/C17H11N5OS2/c18-16-20-8-13-12(21-16)6-11(7-19-13)10-3-1-2-9(4-10)5-14-15(23)22-17(24)25-14/h1-8H,(H2,18,20,21)(H,22,23,24). The molecule has 122 valence electrons. The molecule has 4 rings (SSSR count). The predicted octanol–water partition coefficient (Wildman–Crippen LogP) is 2.76. The first kappa shape index (κ1) is 15.7. The Labute approximate surface area is 152 Å². The Bertz CT molecular complexity index is 1060. The first-order valence-corrected chi connectivity index (χ1v) is 8.54. The molecule has 3 aromatic rings. The minimum Gasteiger partial charge on any atom is -0.368 e. The fourth-order valence-corrected chi connectivity index (χ4v) is 3.51. The van der Waals surface area contributed by atoms with Crippen LogP contribution in [0.4, 0.5) is 5.95 Å². The van der Waals surface area contributed by atoms with E-state index in [2.05, 4.69) is 20.3 Å². The van der Waals surface area contributed by atoms with Crippen molar-refractivity contribution < 1.29 is 4.79 Å². The predicted molar refractivity (Wildman–Crippen MR) is 103 cm³/mol. The van der Waals surface area contributed by atoms with Crippen LogP contribution in [0.5, 0.6) is 0 Å². The molecule has 6 nitrogen and oxygen atoms in total. The number of thiocarbonyl (C=S) groups is 1. The number of fused-ring (bicyclic) bond motifs is 1. The summed E-state index contributed by atoms with van der Waals surface area (Å²) in [6, 6.07) is 9.73. The Morgan fingerprint density at radius 3 is 2.80 bits per heavy atom. The first-order chi connectivity index (χ1) is 12.1. The van der Waals surface area contributed by atoms with Crippen LogP contribution in [0.1, 0.15) is 5.56 Å². The fourth-order valence-electron chi connectivity index (χ4n) is 2.47. The molecule has 0 saturated carbocycles. The molecular formula is C17H11N5OS2. The summed E-state index contributed by atoms with van der Waals surface area (Å²) in [6.45, 7) is 0. The van der Waals surface area contributed by atoms with Gasteiger partial charge >= 0.3 is 0 Å². The van der Waals surface area contributed by atoms with Gasteiger partial charge in [-0.1, -0.05) is 42.2 Å². The number of pyridine rings is 1. The maximum atomic E-state index is 11.8. The van der Waals surface area contributed by atoms with Crippen molar-refractivity contribution in [3.8, 4) is 11.1 Å². The summed E-state index contributed by atoms with van der Waals surface area (Å²) in [5.74, 6) is 0.0464. The van der Waals surface area contributed by atoms with E-state index < -0.39 is 0 Å². The highest BCUT2D eigenvalue weighted by atomic mass is 32.2. The molecule has 3 heterocycles. The van der Waals surface area contributed by atoms with Crippen LogP contribution < -0.4 is 11.1 Å². The lowest BCUT2D eigenvalue weighted by Gasteiger charge is -2.05. The first-order valence-electron chi connectivity index (χ1n) is 7.32. The van der Waals surface area contributed by atoms with Gasteiger partial charge in [-0.05, 0) is 29.3 Å². The van der Waals surface area contributed by atoms with Crippen LogP contribution in [-0.4, -0.2) is 25.2 Å². The second-order valence-electron chi connectivity index (χ2n) is 5.33. The second kappa shape index (κ2) is 6.23. The van der Waals surface area contributed by atoms with Crippen molar-refractivity contribution >= 4 is 57.3 Å². The van der Waals surface area contributed by atoms with E-state index in [9.17, 15) is 4.79 Å². The number of nitrogens with one attached hydrogen (secondary N) is 1. The van der Waals surface area contributed by atoms with E-state index in [0.29, 0.717) is 20.3 Å². The van der Waals surface area contributed by atoms with E-state index in [0.717, 1.165) is 16.7 Å². The number of nitrogen functional groups attached to an aromatic ring is 1. The average molecular weight is 365 g/mol. The lowest BCUT2D eigenvalue weighted by molar-refractivity contribution is -0.115. The Hall–Kier alpha value is -2.84. The van der Waals surface area contributed by atoms with E-state index >= 15 is 0 Å². The zero-order valence-electron chi connectivity index (χ0n) is 12.8. The molecular weight excluding hydrogens is 354 g/mol. The van der Waals surface area contributed by atoms with Crippen LogP contribution in [0.2, 0.25) is 0 Å². The number of hydrogen-bond donors (Lipinski definition) is 2. The molecule has 1 saturated heterocycles. The van der Waals surface area contributed by atoms with Gasteiger partial charge in [0.1, 0.15) is 9.84 Å². The van der Waals surface area contributed by atoms with Gasteiger partial charge in [-0.3, -0.25) is 9.78 Å². The highest BCUT2D eigenvalue weighted by molar-refractivity contribution is 8.26. The van der Waals surface area contributed by atoms with Crippen LogP contribution in [0.25, 0.3) is 28.2 Å². The maximum Gasteiger partial charge on any atom is 0.263 e. The molecule has 0 spiro atoms. The molecule has 0 aliphatic carbocycles. The van der Waals surface area contributed by atoms with Gasteiger partial charge in [0, 0.05) is 11.8 Å². The van der Waals surface area contributed by atoms with Crippen LogP contribution in [0.15, 0.2) is 47.6 Å². The normalized spacial score (nSPS) is 15.8. The topological polar surface area (TPSA) is 93.8 Å². The Balaban J connectivity index is 1.73. The molecule has 25 heavy (non-hydrogen) atoms. The molecule has 1 aliphatic heterocycles. The number of carbonyl (C=O) groups is 1. The number of amides is 1. The zero-order chi connectivity index (χ0) is 17.4. The molecule has 1 fully saturated rings. The summed E-state index contributed by atoms with van der Waals surface area (Å²) < 4.78 is 0.475. The summed E-state index contributed by atoms with van der Waals surface area (Å²) in [4.78, 5) is 24.9. The summed E-state index contributed by atoms with van der Waals surface area (Å²) in [6.07, 6.45) is 5.18. The molecule has 0 atom stereocenters. The van der Waals surface area contributed by atoms with E-state index in [-0.39, 0.29) is 11.9 Å². The number of hydrogen-bond acceptors (Lipinski definition) is 7. The monoisotopic (exact) mass is 365 g/mol. The van der Waals surface area contributed by atoms with E-state index in [4.69, 9.17) is 18.0 Å². The Morgan fingerprint density at radius 2 is 2.00 bits per heavy atom. The second-order valence-corrected chi connectivity index (χ2v) is 7.05. The number of nitrogens with two attached hydrogens (primary N) is 1. The van der Waals surface area contributed by atoms with Gasteiger partial charge in [-0.25, -0.2) is 9.97 Å². The molecule has 1 aliphatic rings. The van der Waals surface area contributed by atoms with Crippen molar-refractivity contribution in [2.45, 2.75) is 0 Å². The van der Waals surface area contributed by atoms with E-state index in [1.54, 1.807) is 12.4 Å². The Morgan fingerprint density at radius 1 is 1.12 bits per heavy atom. The number of carbonyl (C=O) groups excluding carboxylic acids is 1. The number of thioether (sulfide) groups is 1. The third-order valence-corrected chi connectivity index (χ3v) is 4.77. The molecule has 0 unspecified atom stereocenters. The average Bonchev–Trinajstić information content (AvgIpc) is 2.91. The van der Waals surface area contributed by atoms with Crippen LogP contribution in [-0.2, 0) is 4.79 Å². The lowest BCUT2D eigenvalue weighted by Crippen LogP contribution is -2.17. The quantitative estimate of drug-likeness (QED) is 0.533. The summed E-state index contributed by atoms with van der Waals surface area (Å²) in [5.41, 5.74) is 9.79. The van der Waals surface area contributed by atoms with Gasteiger partial charge < -0.3 is 11.1 Å². The third-order valence-electron chi connectivity index (χ3n) is 3.61. The van der Waals surface area contributed by atoms with E-state index in [1.807, 2.05) is 36.4 Å². The number of nitrogens with zero attached hydrogens (tertiary/aromatic N) is 3. The van der Waals surface area contributed by atoms with Gasteiger partial charge in [0.05, 0.1) is 16.6 Å². The molecule has 1 aromatic carbocycles. The maximum absolute atomic E-state index is 11.8. The fraction of sp³-hybridized carbons (Fsp3) is 0. The van der Waals surface area contributed by atoms with Crippen molar-refractivity contribution in [3.63, 3.8) is 0 Å². The lowest BCUT2D eigenvalue weighted by atomic mass is 10.0. The van der Waals surface area contributed by atoms with Gasteiger partial charge in [0.25, 0.3) is 5.91 Å². The SMILES string of the molecule is Nc1ncc2ncc(-c3cccc(C=C4SC(=S)NC4=O)c3)cc2n1. The van der Waals surface area contributed by atoms with Crippen LogP contribution in [0, 0.1) is 0 Å². The van der Waals surface area contributed by atoms with Gasteiger partial charge in [0.2, 0.25) is 5.95 Å². The molecule has 3 N–H and O–H groups in total. The summed E-state index contributed by atoms with van der Waals surface area (Å²) in [5, 5.41) is 2.61. The smallest absolute Gasteiger partial charge is 0.263 e. The minimum absolute atomic E-state index is 0.167. The third kappa shape index (κ3) is 3.21. The van der Waals surface area contributed by atoms with E-state index in [1.165, 1.54) is 11.8 Å². The van der Waals surface area contributed by atoms with Crippen molar-refractivity contribution in [3.05, 3.63) is 53.2 Å². The van der Waals surface area contributed by atoms with Crippen molar-refractivity contribution in [2.75, 3.05) is 5.73 Å². The van der Waals surface area contributed by atoms with Gasteiger partial charge in [-0.15, -0.1) is 0 Å². The number of benzene rings is 1. The number of aromatic nitrogens is 3. The number of anilines is 1. The van der Waals surface area contributed by atoms with Gasteiger partial charge in [0.15, 0.2) is 0 Å². The van der Waals surface area contributed by atoms with Crippen molar-refractivity contribution in [2.24, 2.45) is 0 Å². The Kier molecular flexibility index (Phi) is 3.90. The van der Waals surface area contributed by atoms with Crippen molar-refractivity contribution in [1.29, 1.82) is 0 Å². The zero-order valence-corrected chi connectivity index (χ0v) is 14.4. The molecule has 2 aromatic heterocycles. The van der Waals surface area contributed by atoms with Crippen molar-refractivity contribution in [1.82, 2.24) is 20.3 Å². The summed E-state index contributed by atoms with van der Waals surface area (Å²) >= 11 is 6.27. The molecule has 1 amide bonds. The highest BCUT2D eigenvalue weighted by Gasteiger charge is 2.21. The summed E-state index contributed by atoms with van der Waals surface area (Å²) in [7, 11) is 0. The van der Waals surface area contributed by atoms with Crippen LogP contribution >= 0.6 is 24.0 Å². The molecule has 8 heteroatoms. The molecule has 0 radical (unpaired) electrons.